The summed E-state index contributed by atoms with van der Waals surface area (Å²) in [7, 11) is -3.10. The van der Waals surface area contributed by atoms with Crippen LogP contribution < -0.4 is 5.32 Å². The molecule has 19 heavy (non-hydrogen) atoms. The molecular weight excluding hydrogens is 258 g/mol. The average molecular weight is 283 g/mol. The van der Waals surface area contributed by atoms with Crippen LogP contribution in [0.3, 0.4) is 0 Å². The zero-order valence-corrected chi connectivity index (χ0v) is 13.0. The third-order valence-electron chi connectivity index (χ3n) is 3.19. The van der Waals surface area contributed by atoms with Gasteiger partial charge in [-0.05, 0) is 37.6 Å². The van der Waals surface area contributed by atoms with Crippen LogP contribution in [0.5, 0.6) is 0 Å². The van der Waals surface area contributed by atoms with Crippen molar-refractivity contribution in [2.24, 2.45) is 0 Å². The standard InChI is InChI=1S/C15H25NO2S/c1-4-5-6-7-8-13(2)16-14-9-11-15(12-10-14)19(3,17)18/h9-13,16H,4-8H2,1-3H3. The predicted octanol–water partition coefficient (Wildman–Crippen LogP) is 3.86. The minimum Gasteiger partial charge on any atom is -0.383 e. The molecule has 108 valence electrons. The van der Waals surface area contributed by atoms with Crippen LogP contribution in [-0.4, -0.2) is 20.7 Å². The number of rotatable bonds is 8. The largest absolute Gasteiger partial charge is 0.383 e. The average Bonchev–Trinajstić information content (AvgIpc) is 2.34. The molecule has 0 amide bonds. The molecule has 0 aliphatic carbocycles. The van der Waals surface area contributed by atoms with Crippen molar-refractivity contribution in [3.63, 3.8) is 0 Å². The lowest BCUT2D eigenvalue weighted by atomic mass is 10.1. The van der Waals surface area contributed by atoms with E-state index >= 15 is 0 Å². The Labute approximate surface area is 117 Å². The van der Waals surface area contributed by atoms with Crippen LogP contribution in [0.15, 0.2) is 29.2 Å². The quantitative estimate of drug-likeness (QED) is 0.737. The van der Waals surface area contributed by atoms with Gasteiger partial charge in [0, 0.05) is 18.0 Å². The molecule has 0 aromatic heterocycles. The van der Waals surface area contributed by atoms with Gasteiger partial charge >= 0.3 is 0 Å². The van der Waals surface area contributed by atoms with Crippen molar-refractivity contribution in [1.29, 1.82) is 0 Å². The molecule has 1 unspecified atom stereocenters. The van der Waals surface area contributed by atoms with Gasteiger partial charge in [0.25, 0.3) is 0 Å². The molecule has 3 nitrogen and oxygen atoms in total. The lowest BCUT2D eigenvalue weighted by molar-refractivity contribution is 0.594. The second-order valence-electron chi connectivity index (χ2n) is 5.19. The fraction of sp³-hybridized carbons (Fsp3) is 0.600. The van der Waals surface area contributed by atoms with Crippen molar-refractivity contribution in [2.75, 3.05) is 11.6 Å². The van der Waals surface area contributed by atoms with Crippen LogP contribution >= 0.6 is 0 Å². The maximum Gasteiger partial charge on any atom is 0.175 e. The minimum atomic E-state index is -3.10. The Morgan fingerprint density at radius 2 is 1.74 bits per heavy atom. The van der Waals surface area contributed by atoms with Gasteiger partial charge in [0.1, 0.15) is 0 Å². The Hall–Kier alpha value is -1.03. The monoisotopic (exact) mass is 283 g/mol. The van der Waals surface area contributed by atoms with Crippen LogP contribution in [0.1, 0.15) is 46.0 Å². The van der Waals surface area contributed by atoms with Crippen molar-refractivity contribution < 1.29 is 8.42 Å². The lowest BCUT2D eigenvalue weighted by Crippen LogP contribution is -2.14. The number of unbranched alkanes of at least 4 members (excludes halogenated alkanes) is 3. The highest BCUT2D eigenvalue weighted by atomic mass is 32.2. The van der Waals surface area contributed by atoms with Gasteiger partial charge < -0.3 is 5.32 Å². The molecule has 0 radical (unpaired) electrons. The van der Waals surface area contributed by atoms with Crippen molar-refractivity contribution in [3.05, 3.63) is 24.3 Å². The third kappa shape index (κ3) is 6.10. The first-order valence-electron chi connectivity index (χ1n) is 7.00. The van der Waals surface area contributed by atoms with E-state index in [-0.39, 0.29) is 0 Å². The predicted molar refractivity (Wildman–Crippen MR) is 81.4 cm³/mol. The zero-order chi connectivity index (χ0) is 14.3. The summed E-state index contributed by atoms with van der Waals surface area (Å²) in [5.74, 6) is 0. The first kappa shape index (κ1) is 16.0. The SMILES string of the molecule is CCCCCCC(C)Nc1ccc(S(C)(=O)=O)cc1. The molecule has 0 spiro atoms. The molecule has 4 heteroatoms. The molecule has 0 saturated carbocycles. The molecule has 0 saturated heterocycles. The van der Waals surface area contributed by atoms with E-state index in [1.165, 1.54) is 31.9 Å². The van der Waals surface area contributed by atoms with Gasteiger partial charge in [0.2, 0.25) is 0 Å². The molecule has 1 atom stereocenters. The van der Waals surface area contributed by atoms with Crippen molar-refractivity contribution in [1.82, 2.24) is 0 Å². The van der Waals surface area contributed by atoms with E-state index in [9.17, 15) is 8.42 Å². The van der Waals surface area contributed by atoms with Crippen molar-refractivity contribution >= 4 is 15.5 Å². The number of nitrogens with one attached hydrogen (secondary N) is 1. The van der Waals surface area contributed by atoms with E-state index in [2.05, 4.69) is 19.2 Å². The Kier molecular flexibility index (Phi) is 6.35. The van der Waals surface area contributed by atoms with Gasteiger partial charge in [-0.2, -0.15) is 0 Å². The molecule has 0 heterocycles. The first-order chi connectivity index (χ1) is 8.93. The van der Waals surface area contributed by atoms with Gasteiger partial charge in [-0.3, -0.25) is 0 Å². The molecule has 0 aliphatic rings. The molecule has 1 aromatic carbocycles. The van der Waals surface area contributed by atoms with Crippen LogP contribution in [0, 0.1) is 0 Å². The summed E-state index contributed by atoms with van der Waals surface area (Å²) >= 11 is 0. The maximum atomic E-state index is 11.3. The van der Waals surface area contributed by atoms with Crippen LogP contribution in [0.4, 0.5) is 5.69 Å². The van der Waals surface area contributed by atoms with Gasteiger partial charge in [0.05, 0.1) is 4.90 Å². The van der Waals surface area contributed by atoms with Gasteiger partial charge in [-0.1, -0.05) is 32.6 Å². The highest BCUT2D eigenvalue weighted by Gasteiger charge is 2.07. The van der Waals surface area contributed by atoms with Gasteiger partial charge in [-0.25, -0.2) is 8.42 Å². The Morgan fingerprint density at radius 1 is 1.11 bits per heavy atom. The van der Waals surface area contributed by atoms with E-state index in [0.717, 1.165) is 12.1 Å². The molecule has 0 fully saturated rings. The first-order valence-corrected chi connectivity index (χ1v) is 8.89. The van der Waals surface area contributed by atoms with E-state index < -0.39 is 9.84 Å². The normalized spacial score (nSPS) is 13.2. The maximum absolute atomic E-state index is 11.3. The van der Waals surface area contributed by atoms with Crippen molar-refractivity contribution in [3.8, 4) is 0 Å². The van der Waals surface area contributed by atoms with Gasteiger partial charge in [0.15, 0.2) is 9.84 Å². The highest BCUT2D eigenvalue weighted by molar-refractivity contribution is 7.90. The Morgan fingerprint density at radius 3 is 2.26 bits per heavy atom. The van der Waals surface area contributed by atoms with Crippen molar-refractivity contribution in [2.45, 2.75) is 56.9 Å². The minimum absolute atomic E-state index is 0.369. The molecule has 1 N–H and O–H groups in total. The second-order valence-corrected chi connectivity index (χ2v) is 7.21. The summed E-state index contributed by atoms with van der Waals surface area (Å²) in [5, 5.41) is 3.40. The summed E-state index contributed by atoms with van der Waals surface area (Å²) in [6.07, 6.45) is 7.46. The summed E-state index contributed by atoms with van der Waals surface area (Å²) < 4.78 is 22.7. The molecular formula is C15H25NO2S. The number of benzene rings is 1. The summed E-state index contributed by atoms with van der Waals surface area (Å²) in [6.45, 7) is 4.38. The Bertz CT molecular complexity index is 465. The Balaban J connectivity index is 2.45. The van der Waals surface area contributed by atoms with E-state index in [1.807, 2.05) is 12.1 Å². The van der Waals surface area contributed by atoms with E-state index in [0.29, 0.717) is 10.9 Å². The second kappa shape index (κ2) is 7.53. The fourth-order valence-corrected chi connectivity index (χ4v) is 2.66. The zero-order valence-electron chi connectivity index (χ0n) is 12.1. The number of sulfone groups is 1. The van der Waals surface area contributed by atoms with Crippen LogP contribution in [-0.2, 0) is 9.84 Å². The number of hydrogen-bond acceptors (Lipinski definition) is 3. The fourth-order valence-electron chi connectivity index (χ4n) is 2.03. The van der Waals surface area contributed by atoms with E-state index in [1.54, 1.807) is 12.1 Å². The lowest BCUT2D eigenvalue weighted by Gasteiger charge is -2.15. The number of hydrogen-bond donors (Lipinski definition) is 1. The van der Waals surface area contributed by atoms with E-state index in [4.69, 9.17) is 0 Å². The molecule has 0 aliphatic heterocycles. The summed E-state index contributed by atoms with van der Waals surface area (Å²) in [5.41, 5.74) is 0.982. The van der Waals surface area contributed by atoms with Gasteiger partial charge in [-0.15, -0.1) is 0 Å². The highest BCUT2D eigenvalue weighted by Crippen LogP contribution is 2.16. The number of anilines is 1. The summed E-state index contributed by atoms with van der Waals surface area (Å²) in [4.78, 5) is 0.369. The van der Waals surface area contributed by atoms with Crippen LogP contribution in [0.25, 0.3) is 0 Å². The smallest absolute Gasteiger partial charge is 0.175 e. The topological polar surface area (TPSA) is 46.2 Å². The molecule has 1 aromatic rings. The molecule has 1 rings (SSSR count). The summed E-state index contributed by atoms with van der Waals surface area (Å²) in [6, 6.07) is 7.39. The third-order valence-corrected chi connectivity index (χ3v) is 4.31. The molecule has 0 bridgehead atoms. The van der Waals surface area contributed by atoms with Crippen LogP contribution in [0.2, 0.25) is 0 Å².